The highest BCUT2D eigenvalue weighted by atomic mass is 16.4. The summed E-state index contributed by atoms with van der Waals surface area (Å²) in [6, 6.07) is 2.22. The number of nitrogens with zero attached hydrogens (tertiary/aromatic N) is 1. The van der Waals surface area contributed by atoms with Crippen molar-refractivity contribution >= 4 is 5.97 Å². The number of carbonyl (C=O) groups is 1. The molecule has 18 heavy (non-hydrogen) atoms. The summed E-state index contributed by atoms with van der Waals surface area (Å²) in [5, 5.41) is 12.5. The Labute approximate surface area is 106 Å². The van der Waals surface area contributed by atoms with Gasteiger partial charge in [0.25, 0.3) is 0 Å². The van der Waals surface area contributed by atoms with Crippen LogP contribution in [0.25, 0.3) is 0 Å². The molecule has 0 amide bonds. The van der Waals surface area contributed by atoms with Gasteiger partial charge >= 0.3 is 5.97 Å². The summed E-state index contributed by atoms with van der Waals surface area (Å²) >= 11 is 0. The summed E-state index contributed by atoms with van der Waals surface area (Å²) in [7, 11) is 0. The Hall–Kier alpha value is -1.33. The molecule has 98 valence electrons. The number of aromatic carboxylic acids is 1. The van der Waals surface area contributed by atoms with Gasteiger partial charge in [-0.3, -0.25) is 0 Å². The fourth-order valence-corrected chi connectivity index (χ4v) is 3.10. The van der Waals surface area contributed by atoms with Gasteiger partial charge in [-0.15, -0.1) is 0 Å². The van der Waals surface area contributed by atoms with Crippen LogP contribution >= 0.6 is 0 Å². The minimum absolute atomic E-state index is 0.0591. The highest BCUT2D eigenvalue weighted by molar-refractivity contribution is 5.86. The average Bonchev–Trinajstić information content (AvgIpc) is 2.86. The number of nitrogens with one attached hydrogen (secondary N) is 1. The summed E-state index contributed by atoms with van der Waals surface area (Å²) in [6.45, 7) is 4.10. The van der Waals surface area contributed by atoms with E-state index in [0.29, 0.717) is 12.6 Å². The van der Waals surface area contributed by atoms with Gasteiger partial charge < -0.3 is 19.7 Å². The van der Waals surface area contributed by atoms with Crippen molar-refractivity contribution in [1.82, 2.24) is 10.2 Å². The zero-order valence-electron chi connectivity index (χ0n) is 10.3. The van der Waals surface area contributed by atoms with Crippen molar-refractivity contribution in [2.24, 2.45) is 5.92 Å². The molecule has 1 aromatic rings. The van der Waals surface area contributed by atoms with Crippen LogP contribution in [0.1, 0.15) is 29.0 Å². The van der Waals surface area contributed by atoms with E-state index >= 15 is 0 Å². The van der Waals surface area contributed by atoms with Crippen LogP contribution < -0.4 is 5.32 Å². The number of carboxylic acids is 1. The summed E-state index contributed by atoms with van der Waals surface area (Å²) in [5.74, 6) is -0.190. The molecule has 5 heteroatoms. The molecule has 0 radical (unpaired) electrons. The van der Waals surface area contributed by atoms with E-state index in [2.05, 4.69) is 10.2 Å². The Kier molecular flexibility index (Phi) is 3.09. The fourth-order valence-electron chi connectivity index (χ4n) is 3.10. The highest BCUT2D eigenvalue weighted by Crippen LogP contribution is 2.27. The van der Waals surface area contributed by atoms with E-state index in [9.17, 15) is 4.79 Å². The Morgan fingerprint density at radius 2 is 2.28 bits per heavy atom. The molecule has 4 heterocycles. The van der Waals surface area contributed by atoms with Crippen LogP contribution in [-0.2, 0) is 6.54 Å². The Morgan fingerprint density at radius 3 is 2.89 bits per heavy atom. The van der Waals surface area contributed by atoms with Crippen molar-refractivity contribution in [3.05, 3.63) is 23.7 Å². The lowest BCUT2D eigenvalue weighted by Crippen LogP contribution is -2.55. The third-order valence-corrected chi connectivity index (χ3v) is 4.15. The number of piperidine rings is 3. The van der Waals surface area contributed by atoms with Crippen LogP contribution in [0.4, 0.5) is 0 Å². The van der Waals surface area contributed by atoms with Gasteiger partial charge in [0, 0.05) is 24.7 Å². The molecule has 1 unspecified atom stereocenters. The van der Waals surface area contributed by atoms with E-state index in [1.807, 2.05) is 0 Å². The molecular formula is C13H18N2O3. The molecule has 2 N–H and O–H groups in total. The molecule has 5 nitrogen and oxygen atoms in total. The number of hydrogen-bond acceptors (Lipinski definition) is 4. The van der Waals surface area contributed by atoms with Crippen molar-refractivity contribution in [1.29, 1.82) is 0 Å². The second-order valence-electron chi connectivity index (χ2n) is 5.21. The molecule has 1 atom stereocenters. The average molecular weight is 250 g/mol. The summed E-state index contributed by atoms with van der Waals surface area (Å²) < 4.78 is 4.98. The molecule has 3 aliphatic rings. The van der Waals surface area contributed by atoms with Gasteiger partial charge in [0.05, 0.1) is 6.26 Å². The van der Waals surface area contributed by atoms with Crippen LogP contribution in [0.15, 0.2) is 16.7 Å². The van der Waals surface area contributed by atoms with Crippen LogP contribution in [0.5, 0.6) is 0 Å². The van der Waals surface area contributed by atoms with Crippen molar-refractivity contribution in [2.75, 3.05) is 19.6 Å². The second-order valence-corrected chi connectivity index (χ2v) is 5.21. The lowest BCUT2D eigenvalue weighted by molar-refractivity contribution is 0.0654. The van der Waals surface area contributed by atoms with E-state index in [1.165, 1.54) is 32.2 Å². The standard InChI is InChI=1S/C13H18N2O3/c16-13(17)12-10(3-6-18-12)7-14-11-8-15-4-1-9(11)2-5-15/h3,6,9,11,14H,1-2,4-5,7-8H2,(H,16,17). The van der Waals surface area contributed by atoms with E-state index in [1.54, 1.807) is 6.07 Å². The quantitative estimate of drug-likeness (QED) is 0.839. The lowest BCUT2D eigenvalue weighted by Gasteiger charge is -2.45. The van der Waals surface area contributed by atoms with Crippen molar-refractivity contribution in [2.45, 2.75) is 25.4 Å². The first-order valence-electron chi connectivity index (χ1n) is 6.49. The van der Waals surface area contributed by atoms with Crippen LogP contribution in [0, 0.1) is 5.92 Å². The highest BCUT2D eigenvalue weighted by Gasteiger charge is 2.33. The first-order valence-corrected chi connectivity index (χ1v) is 6.49. The summed E-state index contributed by atoms with van der Waals surface area (Å²) in [4.78, 5) is 13.4. The van der Waals surface area contributed by atoms with Gasteiger partial charge in [0.1, 0.15) is 0 Å². The third kappa shape index (κ3) is 2.15. The number of carboxylic acid groups (broad SMARTS) is 1. The van der Waals surface area contributed by atoms with Crippen molar-refractivity contribution in [3.8, 4) is 0 Å². The van der Waals surface area contributed by atoms with Crippen molar-refractivity contribution in [3.63, 3.8) is 0 Å². The predicted molar refractivity (Wildman–Crippen MR) is 65.5 cm³/mol. The van der Waals surface area contributed by atoms with Gasteiger partial charge in [0.2, 0.25) is 5.76 Å². The Bertz CT molecular complexity index is 435. The van der Waals surface area contributed by atoms with Gasteiger partial charge in [-0.2, -0.15) is 0 Å². The number of hydrogen-bond donors (Lipinski definition) is 2. The molecule has 0 saturated carbocycles. The molecule has 3 fully saturated rings. The molecule has 2 bridgehead atoms. The molecule has 0 aromatic carbocycles. The largest absolute Gasteiger partial charge is 0.475 e. The SMILES string of the molecule is O=C(O)c1occc1CNC1CN2CCC1CC2. The number of furan rings is 1. The third-order valence-electron chi connectivity index (χ3n) is 4.15. The van der Waals surface area contributed by atoms with Crippen LogP contribution in [0.2, 0.25) is 0 Å². The molecule has 1 aromatic heterocycles. The zero-order valence-corrected chi connectivity index (χ0v) is 10.3. The van der Waals surface area contributed by atoms with Gasteiger partial charge in [-0.1, -0.05) is 0 Å². The zero-order chi connectivity index (χ0) is 12.5. The van der Waals surface area contributed by atoms with Gasteiger partial charge in [-0.05, 0) is 37.9 Å². The maximum Gasteiger partial charge on any atom is 0.372 e. The molecule has 0 spiro atoms. The first-order chi connectivity index (χ1) is 8.74. The van der Waals surface area contributed by atoms with Crippen molar-refractivity contribution < 1.29 is 14.3 Å². The smallest absolute Gasteiger partial charge is 0.372 e. The predicted octanol–water partition coefficient (Wildman–Crippen LogP) is 1.16. The second kappa shape index (κ2) is 4.74. The first kappa shape index (κ1) is 11.7. The summed E-state index contributed by atoms with van der Waals surface area (Å²) in [5.41, 5.74) is 0.735. The monoisotopic (exact) mass is 250 g/mol. The molecule has 0 aliphatic carbocycles. The normalized spacial score (nSPS) is 30.6. The van der Waals surface area contributed by atoms with E-state index in [0.717, 1.165) is 18.0 Å². The summed E-state index contributed by atoms with van der Waals surface area (Å²) in [6.07, 6.45) is 3.96. The fraction of sp³-hybridized carbons (Fsp3) is 0.615. The van der Waals surface area contributed by atoms with Gasteiger partial charge in [-0.25, -0.2) is 4.79 Å². The maximum atomic E-state index is 10.9. The Morgan fingerprint density at radius 1 is 1.50 bits per heavy atom. The topological polar surface area (TPSA) is 65.7 Å². The van der Waals surface area contributed by atoms with E-state index in [-0.39, 0.29) is 5.76 Å². The molecule has 3 aliphatic heterocycles. The molecule has 4 rings (SSSR count). The van der Waals surface area contributed by atoms with E-state index in [4.69, 9.17) is 9.52 Å². The van der Waals surface area contributed by atoms with Gasteiger partial charge in [0.15, 0.2) is 0 Å². The number of fused-ring (bicyclic) bond motifs is 3. The maximum absolute atomic E-state index is 10.9. The lowest BCUT2D eigenvalue weighted by atomic mass is 9.84. The van der Waals surface area contributed by atoms with Crippen LogP contribution in [0.3, 0.4) is 0 Å². The number of rotatable bonds is 4. The minimum Gasteiger partial charge on any atom is -0.475 e. The Balaban J connectivity index is 1.61. The molecular weight excluding hydrogens is 232 g/mol. The van der Waals surface area contributed by atoms with E-state index < -0.39 is 5.97 Å². The van der Waals surface area contributed by atoms with Crippen LogP contribution in [-0.4, -0.2) is 41.7 Å². The molecule has 3 saturated heterocycles. The minimum atomic E-state index is -0.995.